The summed E-state index contributed by atoms with van der Waals surface area (Å²) in [6, 6.07) is 4.11. The van der Waals surface area contributed by atoms with E-state index in [2.05, 4.69) is 30.0 Å². The Morgan fingerprint density at radius 2 is 2.08 bits per heavy atom. The second-order valence-corrected chi connectivity index (χ2v) is 3.58. The zero-order chi connectivity index (χ0) is 9.42. The molecule has 0 bridgehead atoms. The third kappa shape index (κ3) is 1.41. The van der Waals surface area contributed by atoms with Gasteiger partial charge in [-0.15, -0.1) is 0 Å². The lowest BCUT2D eigenvalue weighted by Crippen LogP contribution is -1.93. The summed E-state index contributed by atoms with van der Waals surface area (Å²) in [6.45, 7) is 6.25. The van der Waals surface area contributed by atoms with E-state index in [9.17, 15) is 0 Å². The fourth-order valence-electron chi connectivity index (χ4n) is 1.35. The standard InChI is InChI=1S/C10H13N3/c1-7(2)9-4-5-10-11-8(3)12-13(10)6-9/h4-7H,1-3H3. The third-order valence-electron chi connectivity index (χ3n) is 2.13. The average molecular weight is 175 g/mol. The molecule has 0 atom stereocenters. The van der Waals surface area contributed by atoms with Gasteiger partial charge in [-0.1, -0.05) is 19.9 Å². The van der Waals surface area contributed by atoms with Crippen molar-refractivity contribution < 1.29 is 0 Å². The van der Waals surface area contributed by atoms with Gasteiger partial charge in [0.15, 0.2) is 5.65 Å². The van der Waals surface area contributed by atoms with Crippen LogP contribution < -0.4 is 0 Å². The van der Waals surface area contributed by atoms with Gasteiger partial charge in [-0.3, -0.25) is 0 Å². The highest BCUT2D eigenvalue weighted by molar-refractivity contribution is 5.39. The molecule has 0 fully saturated rings. The largest absolute Gasteiger partial charge is 0.221 e. The topological polar surface area (TPSA) is 30.2 Å². The summed E-state index contributed by atoms with van der Waals surface area (Å²) in [6.07, 6.45) is 2.04. The number of aryl methyl sites for hydroxylation is 1. The molecule has 68 valence electrons. The first-order chi connectivity index (χ1) is 6.16. The first kappa shape index (κ1) is 8.23. The van der Waals surface area contributed by atoms with Crippen LogP contribution >= 0.6 is 0 Å². The van der Waals surface area contributed by atoms with Crippen LogP contribution in [-0.4, -0.2) is 14.6 Å². The van der Waals surface area contributed by atoms with Crippen molar-refractivity contribution in [2.24, 2.45) is 0 Å². The van der Waals surface area contributed by atoms with Crippen molar-refractivity contribution in [1.82, 2.24) is 14.6 Å². The maximum Gasteiger partial charge on any atom is 0.155 e. The zero-order valence-corrected chi connectivity index (χ0v) is 8.15. The van der Waals surface area contributed by atoms with Crippen molar-refractivity contribution in [3.8, 4) is 0 Å². The lowest BCUT2D eigenvalue weighted by molar-refractivity contribution is 0.831. The summed E-state index contributed by atoms with van der Waals surface area (Å²) in [5, 5.41) is 4.26. The SMILES string of the molecule is Cc1nc2ccc(C(C)C)cn2n1. The minimum Gasteiger partial charge on any atom is -0.221 e. The number of hydrogen-bond acceptors (Lipinski definition) is 2. The van der Waals surface area contributed by atoms with Gasteiger partial charge in [-0.05, 0) is 24.5 Å². The monoisotopic (exact) mass is 175 g/mol. The Labute approximate surface area is 77.4 Å². The van der Waals surface area contributed by atoms with E-state index in [0.29, 0.717) is 5.92 Å². The summed E-state index contributed by atoms with van der Waals surface area (Å²) < 4.78 is 1.84. The molecule has 2 heterocycles. The maximum atomic E-state index is 4.27. The summed E-state index contributed by atoms with van der Waals surface area (Å²) >= 11 is 0. The molecular weight excluding hydrogens is 162 g/mol. The fourth-order valence-corrected chi connectivity index (χ4v) is 1.35. The van der Waals surface area contributed by atoms with Crippen molar-refractivity contribution in [2.45, 2.75) is 26.7 Å². The maximum absolute atomic E-state index is 4.27. The molecule has 0 unspecified atom stereocenters. The summed E-state index contributed by atoms with van der Waals surface area (Å²) in [5.41, 5.74) is 2.21. The van der Waals surface area contributed by atoms with E-state index in [0.717, 1.165) is 11.5 Å². The van der Waals surface area contributed by atoms with E-state index in [-0.39, 0.29) is 0 Å². The molecule has 0 aliphatic rings. The molecule has 3 heteroatoms. The predicted molar refractivity (Wildman–Crippen MR) is 51.8 cm³/mol. The molecule has 2 aromatic heterocycles. The van der Waals surface area contributed by atoms with Gasteiger partial charge in [-0.2, -0.15) is 5.10 Å². The highest BCUT2D eigenvalue weighted by Gasteiger charge is 2.02. The smallest absolute Gasteiger partial charge is 0.155 e. The highest BCUT2D eigenvalue weighted by atomic mass is 15.3. The summed E-state index contributed by atoms with van der Waals surface area (Å²) in [4.78, 5) is 4.27. The van der Waals surface area contributed by atoms with E-state index in [4.69, 9.17) is 0 Å². The first-order valence-electron chi connectivity index (χ1n) is 4.50. The van der Waals surface area contributed by atoms with Crippen molar-refractivity contribution >= 4 is 5.65 Å². The van der Waals surface area contributed by atoms with Crippen LogP contribution in [0.5, 0.6) is 0 Å². The van der Waals surface area contributed by atoms with Crippen LogP contribution in [0.15, 0.2) is 18.3 Å². The number of rotatable bonds is 1. The second kappa shape index (κ2) is 2.83. The van der Waals surface area contributed by atoms with Gasteiger partial charge in [0.05, 0.1) is 0 Å². The first-order valence-corrected chi connectivity index (χ1v) is 4.50. The molecule has 0 saturated carbocycles. The Kier molecular flexibility index (Phi) is 1.79. The van der Waals surface area contributed by atoms with Crippen molar-refractivity contribution in [1.29, 1.82) is 0 Å². The molecule has 2 rings (SSSR count). The number of hydrogen-bond donors (Lipinski definition) is 0. The molecule has 0 saturated heterocycles. The van der Waals surface area contributed by atoms with Gasteiger partial charge < -0.3 is 0 Å². The molecule has 0 spiro atoms. The van der Waals surface area contributed by atoms with Crippen molar-refractivity contribution in [2.75, 3.05) is 0 Å². The molecule has 0 aromatic carbocycles. The molecule has 0 aliphatic carbocycles. The van der Waals surface area contributed by atoms with Crippen LogP contribution in [0, 0.1) is 6.92 Å². The van der Waals surface area contributed by atoms with Gasteiger partial charge in [0.1, 0.15) is 5.82 Å². The quantitative estimate of drug-likeness (QED) is 0.664. The Morgan fingerprint density at radius 3 is 2.77 bits per heavy atom. The van der Waals surface area contributed by atoms with Gasteiger partial charge in [0, 0.05) is 6.20 Å². The number of aromatic nitrogens is 3. The lowest BCUT2D eigenvalue weighted by atomic mass is 10.1. The summed E-state index contributed by atoms with van der Waals surface area (Å²) in [7, 11) is 0. The van der Waals surface area contributed by atoms with Crippen LogP contribution in [0.2, 0.25) is 0 Å². The Balaban J connectivity index is 2.61. The van der Waals surface area contributed by atoms with Crippen LogP contribution in [0.1, 0.15) is 31.2 Å². The van der Waals surface area contributed by atoms with Gasteiger partial charge in [0.25, 0.3) is 0 Å². The molecule has 0 aliphatic heterocycles. The fraction of sp³-hybridized carbons (Fsp3) is 0.400. The van der Waals surface area contributed by atoms with Crippen molar-refractivity contribution in [3.05, 3.63) is 29.7 Å². The van der Waals surface area contributed by atoms with Gasteiger partial charge in [-0.25, -0.2) is 9.50 Å². The average Bonchev–Trinajstić information content (AvgIpc) is 2.42. The Bertz CT molecular complexity index is 429. The van der Waals surface area contributed by atoms with E-state index >= 15 is 0 Å². The minimum absolute atomic E-state index is 0.536. The number of pyridine rings is 1. The predicted octanol–water partition coefficient (Wildman–Crippen LogP) is 2.16. The number of nitrogens with zero attached hydrogens (tertiary/aromatic N) is 3. The molecule has 3 nitrogen and oxygen atoms in total. The van der Waals surface area contributed by atoms with E-state index in [1.807, 2.05) is 23.7 Å². The van der Waals surface area contributed by atoms with E-state index < -0.39 is 0 Å². The molecular formula is C10H13N3. The number of fused-ring (bicyclic) bond motifs is 1. The lowest BCUT2D eigenvalue weighted by Gasteiger charge is -2.03. The second-order valence-electron chi connectivity index (χ2n) is 3.58. The zero-order valence-electron chi connectivity index (χ0n) is 8.15. The Hall–Kier alpha value is -1.38. The van der Waals surface area contributed by atoms with E-state index in [1.54, 1.807) is 0 Å². The van der Waals surface area contributed by atoms with Crippen LogP contribution in [0.4, 0.5) is 0 Å². The van der Waals surface area contributed by atoms with Crippen LogP contribution in [-0.2, 0) is 0 Å². The normalized spacial score (nSPS) is 11.4. The summed E-state index contributed by atoms with van der Waals surface area (Å²) in [5.74, 6) is 1.36. The van der Waals surface area contributed by atoms with Crippen LogP contribution in [0.25, 0.3) is 5.65 Å². The Morgan fingerprint density at radius 1 is 1.31 bits per heavy atom. The van der Waals surface area contributed by atoms with Crippen molar-refractivity contribution in [3.63, 3.8) is 0 Å². The molecule has 0 amide bonds. The van der Waals surface area contributed by atoms with E-state index in [1.165, 1.54) is 5.56 Å². The molecule has 13 heavy (non-hydrogen) atoms. The third-order valence-corrected chi connectivity index (χ3v) is 2.13. The minimum atomic E-state index is 0.536. The molecule has 0 radical (unpaired) electrons. The van der Waals surface area contributed by atoms with Gasteiger partial charge >= 0.3 is 0 Å². The highest BCUT2D eigenvalue weighted by Crippen LogP contribution is 2.14. The molecule has 2 aromatic rings. The molecule has 0 N–H and O–H groups in total. The van der Waals surface area contributed by atoms with Crippen LogP contribution in [0.3, 0.4) is 0 Å². The van der Waals surface area contributed by atoms with Gasteiger partial charge in [0.2, 0.25) is 0 Å².